The van der Waals surface area contributed by atoms with Gasteiger partial charge in [-0.2, -0.15) is 0 Å². The number of phenolic OH excluding ortho intramolecular Hbond substituents is 1. The highest BCUT2D eigenvalue weighted by Crippen LogP contribution is 2.45. The van der Waals surface area contributed by atoms with Crippen molar-refractivity contribution in [2.45, 2.75) is 69.3 Å². The molecular weight excluding hydrogens is 524 g/mol. The van der Waals surface area contributed by atoms with E-state index in [4.69, 9.17) is 10.5 Å². The highest BCUT2D eigenvalue weighted by Gasteiger charge is 2.56. The molecule has 0 saturated heterocycles. The van der Waals surface area contributed by atoms with E-state index in [0.717, 1.165) is 11.1 Å². The fraction of sp³-hybridized carbons (Fsp3) is 0.516. The number of hydrogen-bond acceptors (Lipinski definition) is 8. The number of amides is 2. The predicted molar refractivity (Wildman–Crippen MR) is 154 cm³/mol. The number of phenols is 1. The molecule has 0 radical (unpaired) electrons. The van der Waals surface area contributed by atoms with E-state index < -0.39 is 24.1 Å². The first kappa shape index (κ1) is 30.5. The molecule has 2 fully saturated rings. The van der Waals surface area contributed by atoms with Crippen molar-refractivity contribution >= 4 is 17.8 Å². The van der Waals surface area contributed by atoms with Crippen molar-refractivity contribution in [2.24, 2.45) is 23.5 Å². The Morgan fingerprint density at radius 1 is 1.05 bits per heavy atom. The van der Waals surface area contributed by atoms with Gasteiger partial charge in [0.2, 0.25) is 11.8 Å². The third kappa shape index (κ3) is 8.06. The molecule has 2 aromatic rings. The second kappa shape index (κ2) is 13.5. The van der Waals surface area contributed by atoms with Gasteiger partial charge < -0.3 is 31.3 Å². The number of hydrogen-bond donors (Lipinski definition) is 6. The molecular formula is C31H42N4O6. The van der Waals surface area contributed by atoms with Crippen molar-refractivity contribution < 1.29 is 29.3 Å². The molecule has 0 aromatic heterocycles. The van der Waals surface area contributed by atoms with Crippen LogP contribution >= 0.6 is 0 Å². The van der Waals surface area contributed by atoms with Crippen molar-refractivity contribution in [3.8, 4) is 5.75 Å². The molecule has 4 rings (SSSR count). The number of carbonyl (C=O) groups is 3. The summed E-state index contributed by atoms with van der Waals surface area (Å²) in [6, 6.07) is 14.7. The van der Waals surface area contributed by atoms with Crippen molar-refractivity contribution in [3.05, 3.63) is 65.7 Å². The Balaban J connectivity index is 1.28. The van der Waals surface area contributed by atoms with Gasteiger partial charge in [-0.1, -0.05) is 56.3 Å². The summed E-state index contributed by atoms with van der Waals surface area (Å²) in [6.07, 6.45) is 0.570. The summed E-state index contributed by atoms with van der Waals surface area (Å²) in [5.74, 6) is -1.03. The Morgan fingerprint density at radius 3 is 2.37 bits per heavy atom. The third-order valence-corrected chi connectivity index (χ3v) is 7.98. The number of aromatic hydroxyl groups is 1. The van der Waals surface area contributed by atoms with Gasteiger partial charge in [0, 0.05) is 24.4 Å². The van der Waals surface area contributed by atoms with Gasteiger partial charge in [0.1, 0.15) is 11.8 Å². The molecule has 2 aromatic carbocycles. The highest BCUT2D eigenvalue weighted by atomic mass is 16.5. The van der Waals surface area contributed by atoms with Gasteiger partial charge in [0.05, 0.1) is 25.3 Å². The second-order valence-electron chi connectivity index (χ2n) is 11.7. The van der Waals surface area contributed by atoms with Crippen LogP contribution in [0.2, 0.25) is 0 Å². The largest absolute Gasteiger partial charge is 0.508 e. The number of aliphatic hydroxyl groups is 1. The zero-order valence-corrected chi connectivity index (χ0v) is 23.8. The van der Waals surface area contributed by atoms with Gasteiger partial charge in [0.25, 0.3) is 0 Å². The predicted octanol–water partition coefficient (Wildman–Crippen LogP) is 1.20. The fourth-order valence-corrected chi connectivity index (χ4v) is 5.55. The molecule has 222 valence electrons. The van der Waals surface area contributed by atoms with Crippen molar-refractivity contribution in [1.29, 1.82) is 0 Å². The molecule has 2 amide bonds. The van der Waals surface area contributed by atoms with Crippen LogP contribution in [0.5, 0.6) is 5.75 Å². The number of ether oxygens (including phenoxy) is 1. The summed E-state index contributed by atoms with van der Waals surface area (Å²) in [4.78, 5) is 38.0. The van der Waals surface area contributed by atoms with Gasteiger partial charge in [-0.25, -0.2) is 0 Å². The fourth-order valence-electron chi connectivity index (χ4n) is 5.55. The first-order valence-corrected chi connectivity index (χ1v) is 14.3. The Bertz CT molecular complexity index is 1190. The van der Waals surface area contributed by atoms with Crippen molar-refractivity contribution in [1.82, 2.24) is 16.0 Å². The van der Waals surface area contributed by atoms with Crippen LogP contribution in [0.4, 0.5) is 0 Å². The molecule has 0 bridgehead atoms. The molecule has 2 saturated carbocycles. The SMILES string of the molecule is COC(=O)[C@H](CC(C)C)N[C@H]1[C@@H](NC(=O)[C@@H]2C[C@@H]2[C@@H](O)CNC(=O)[C@@H](N)Cc2ccc(O)cc2)[C@@H]1c1ccccc1. The van der Waals surface area contributed by atoms with Crippen LogP contribution in [0.3, 0.4) is 0 Å². The summed E-state index contributed by atoms with van der Waals surface area (Å²) in [6.45, 7) is 4.10. The first-order valence-electron chi connectivity index (χ1n) is 14.3. The number of methoxy groups -OCH3 is 1. The van der Waals surface area contributed by atoms with E-state index in [0.29, 0.717) is 19.3 Å². The molecule has 0 aliphatic heterocycles. The van der Waals surface area contributed by atoms with Gasteiger partial charge in [0.15, 0.2) is 0 Å². The number of benzene rings is 2. The second-order valence-corrected chi connectivity index (χ2v) is 11.7. The van der Waals surface area contributed by atoms with Crippen LogP contribution < -0.4 is 21.7 Å². The highest BCUT2D eigenvalue weighted by molar-refractivity contribution is 5.83. The van der Waals surface area contributed by atoms with Crippen LogP contribution in [0.15, 0.2) is 54.6 Å². The van der Waals surface area contributed by atoms with E-state index in [9.17, 15) is 24.6 Å². The maximum absolute atomic E-state index is 13.2. The third-order valence-electron chi connectivity index (χ3n) is 7.98. The van der Waals surface area contributed by atoms with E-state index in [1.165, 1.54) is 19.2 Å². The number of nitrogens with two attached hydrogens (primary N) is 1. The summed E-state index contributed by atoms with van der Waals surface area (Å²) in [5, 5.41) is 29.3. The quantitative estimate of drug-likeness (QED) is 0.186. The molecule has 41 heavy (non-hydrogen) atoms. The molecule has 2 aliphatic rings. The zero-order chi connectivity index (χ0) is 29.7. The van der Waals surface area contributed by atoms with Gasteiger partial charge in [-0.3, -0.25) is 19.7 Å². The van der Waals surface area contributed by atoms with E-state index in [1.54, 1.807) is 12.1 Å². The smallest absolute Gasteiger partial charge is 0.322 e. The molecule has 10 heteroatoms. The number of carbonyl (C=O) groups excluding carboxylic acids is 3. The lowest BCUT2D eigenvalue weighted by Gasteiger charge is -2.18. The van der Waals surface area contributed by atoms with Crippen molar-refractivity contribution in [3.63, 3.8) is 0 Å². The average Bonchev–Trinajstić information content (AvgIpc) is 3.88. The molecule has 0 unspecified atom stereocenters. The van der Waals surface area contributed by atoms with E-state index >= 15 is 0 Å². The van der Waals surface area contributed by atoms with Gasteiger partial charge in [-0.05, 0) is 54.4 Å². The van der Waals surface area contributed by atoms with Crippen LogP contribution in [-0.4, -0.2) is 71.9 Å². The lowest BCUT2D eigenvalue weighted by Crippen LogP contribution is -2.45. The summed E-state index contributed by atoms with van der Waals surface area (Å²) < 4.78 is 5.01. The monoisotopic (exact) mass is 566 g/mol. The lowest BCUT2D eigenvalue weighted by atomic mass is 10.0. The van der Waals surface area contributed by atoms with Gasteiger partial charge >= 0.3 is 5.97 Å². The van der Waals surface area contributed by atoms with Crippen LogP contribution in [0, 0.1) is 17.8 Å². The molecule has 8 atom stereocenters. The average molecular weight is 567 g/mol. The molecule has 2 aliphatic carbocycles. The minimum Gasteiger partial charge on any atom is -0.508 e. The molecule has 0 heterocycles. The van der Waals surface area contributed by atoms with Crippen LogP contribution in [0.1, 0.15) is 43.7 Å². The number of nitrogens with one attached hydrogen (secondary N) is 3. The Kier molecular flexibility index (Phi) is 10.0. The normalized spacial score (nSPS) is 25.1. The standard InChI is InChI=1S/C31H42N4O6/c1-17(2)13-24(31(40)41-3)34-27-26(19-7-5-4-6-8-19)28(27)35-29(38)22-15-21(22)25(37)16-33-30(39)23(32)14-18-9-11-20(36)12-10-18/h4-12,17,21-28,34,36-37H,13-16,32H2,1-3H3,(H,33,39)(H,35,38)/t21-,22+,23-,24-,25-,26+,27+,28-/m0/s1. The minimum absolute atomic E-state index is 0.00676. The number of aliphatic hydroxyl groups excluding tert-OH is 1. The Labute approximate surface area is 241 Å². The lowest BCUT2D eigenvalue weighted by molar-refractivity contribution is -0.143. The van der Waals surface area contributed by atoms with Crippen molar-refractivity contribution in [2.75, 3.05) is 13.7 Å². The van der Waals surface area contributed by atoms with E-state index in [1.807, 2.05) is 44.2 Å². The molecule has 0 spiro atoms. The zero-order valence-electron chi connectivity index (χ0n) is 23.8. The minimum atomic E-state index is -0.872. The summed E-state index contributed by atoms with van der Waals surface area (Å²) >= 11 is 0. The maximum atomic E-state index is 13.2. The van der Waals surface area contributed by atoms with E-state index in [-0.39, 0.29) is 59.9 Å². The summed E-state index contributed by atoms with van der Waals surface area (Å²) in [5.41, 5.74) is 7.89. The van der Waals surface area contributed by atoms with Gasteiger partial charge in [-0.15, -0.1) is 0 Å². The maximum Gasteiger partial charge on any atom is 0.322 e. The number of rotatable bonds is 14. The van der Waals surface area contributed by atoms with Crippen LogP contribution in [-0.2, 0) is 25.5 Å². The Morgan fingerprint density at radius 2 is 1.73 bits per heavy atom. The van der Waals surface area contributed by atoms with E-state index in [2.05, 4.69) is 16.0 Å². The summed E-state index contributed by atoms with van der Waals surface area (Å²) in [7, 11) is 1.38. The Hall–Kier alpha value is -3.47. The number of esters is 1. The molecule has 7 N–H and O–H groups in total. The topological polar surface area (TPSA) is 163 Å². The van der Waals surface area contributed by atoms with Crippen LogP contribution in [0.25, 0.3) is 0 Å². The molecule has 10 nitrogen and oxygen atoms in total. The first-order chi connectivity index (χ1) is 19.6.